The molecule has 1 aromatic heterocycles. The maximum absolute atomic E-state index is 11.7. The van der Waals surface area contributed by atoms with Crippen molar-refractivity contribution < 1.29 is 17.9 Å². The van der Waals surface area contributed by atoms with Gasteiger partial charge in [-0.1, -0.05) is 0 Å². The van der Waals surface area contributed by atoms with Crippen LogP contribution in [0, 0.1) is 0 Å². The number of amides is 1. The van der Waals surface area contributed by atoms with E-state index in [-0.39, 0.29) is 22.6 Å². The Balaban J connectivity index is 2.51. The van der Waals surface area contributed by atoms with Crippen molar-refractivity contribution >= 4 is 37.0 Å². The normalized spacial score (nSPS) is 13.2. The van der Waals surface area contributed by atoms with Crippen LogP contribution in [-0.4, -0.2) is 33.6 Å². The van der Waals surface area contributed by atoms with Crippen molar-refractivity contribution in [1.29, 1.82) is 0 Å². The minimum absolute atomic E-state index is 0.0549. The van der Waals surface area contributed by atoms with Gasteiger partial charge in [0, 0.05) is 28.2 Å². The molecule has 0 bridgehead atoms. The Labute approximate surface area is 121 Å². The largest absolute Gasteiger partial charge is 0.380 e. The number of ether oxygens (including phenoxy) is 1. The molecule has 1 atom stereocenters. The Morgan fingerprint density at radius 2 is 2.21 bits per heavy atom. The van der Waals surface area contributed by atoms with Crippen molar-refractivity contribution in [3.05, 3.63) is 17.0 Å². The summed E-state index contributed by atoms with van der Waals surface area (Å²) in [6, 6.07) is 2.91. The first kappa shape index (κ1) is 16.4. The van der Waals surface area contributed by atoms with Crippen LogP contribution < -0.4 is 5.32 Å². The van der Waals surface area contributed by atoms with E-state index in [4.69, 9.17) is 15.4 Å². The first-order valence-corrected chi connectivity index (χ1v) is 8.86. The van der Waals surface area contributed by atoms with E-state index in [1.54, 1.807) is 6.07 Å². The van der Waals surface area contributed by atoms with Crippen LogP contribution in [-0.2, 0) is 25.0 Å². The van der Waals surface area contributed by atoms with E-state index in [1.165, 1.54) is 6.07 Å². The standard InChI is InChI=1S/C11H16ClNO4S2/c1-3-17-7-8(2)13-10(14)6-9-4-5-11(18-9)19(12,15)16/h4-5,8H,3,6-7H2,1-2H3,(H,13,14). The van der Waals surface area contributed by atoms with Crippen LogP contribution in [0.5, 0.6) is 0 Å². The summed E-state index contributed by atoms with van der Waals surface area (Å²) in [5.74, 6) is -0.174. The molecule has 0 saturated carbocycles. The molecular formula is C11H16ClNO4S2. The third kappa shape index (κ3) is 5.90. The Morgan fingerprint density at radius 3 is 2.74 bits per heavy atom. The van der Waals surface area contributed by atoms with Crippen molar-refractivity contribution in [2.24, 2.45) is 0 Å². The molecule has 0 aromatic carbocycles. The molecular weight excluding hydrogens is 310 g/mol. The molecule has 0 saturated heterocycles. The van der Waals surface area contributed by atoms with Crippen LogP contribution in [0.4, 0.5) is 0 Å². The van der Waals surface area contributed by atoms with Crippen LogP contribution in [0.1, 0.15) is 18.7 Å². The maximum atomic E-state index is 11.7. The minimum Gasteiger partial charge on any atom is -0.380 e. The first-order valence-electron chi connectivity index (χ1n) is 5.73. The highest BCUT2D eigenvalue weighted by molar-refractivity contribution is 8.15. The molecule has 1 rings (SSSR count). The zero-order chi connectivity index (χ0) is 14.5. The Kier molecular flexibility index (Phi) is 6.25. The summed E-state index contributed by atoms with van der Waals surface area (Å²) in [5, 5.41) is 2.77. The van der Waals surface area contributed by atoms with Gasteiger partial charge < -0.3 is 10.1 Å². The molecule has 5 nitrogen and oxygen atoms in total. The van der Waals surface area contributed by atoms with Crippen molar-refractivity contribution in [3.63, 3.8) is 0 Å². The summed E-state index contributed by atoms with van der Waals surface area (Å²) < 4.78 is 27.4. The second-order valence-corrected chi connectivity index (χ2v) is 7.92. The van der Waals surface area contributed by atoms with E-state index in [0.29, 0.717) is 18.1 Å². The molecule has 0 radical (unpaired) electrons. The molecule has 0 aliphatic heterocycles. The molecule has 0 spiro atoms. The Morgan fingerprint density at radius 1 is 1.53 bits per heavy atom. The van der Waals surface area contributed by atoms with Crippen molar-refractivity contribution in [2.45, 2.75) is 30.5 Å². The number of rotatable bonds is 7. The molecule has 0 aliphatic carbocycles. The fraction of sp³-hybridized carbons (Fsp3) is 0.545. The van der Waals surface area contributed by atoms with Gasteiger partial charge in [0.2, 0.25) is 5.91 Å². The predicted molar refractivity (Wildman–Crippen MR) is 75.2 cm³/mol. The molecule has 1 N–H and O–H groups in total. The van der Waals surface area contributed by atoms with Gasteiger partial charge in [0.05, 0.1) is 13.0 Å². The summed E-state index contributed by atoms with van der Waals surface area (Å²) in [4.78, 5) is 12.4. The second-order valence-electron chi connectivity index (χ2n) is 3.96. The summed E-state index contributed by atoms with van der Waals surface area (Å²) in [6.45, 7) is 4.78. The number of thiophene rings is 1. The van der Waals surface area contributed by atoms with E-state index in [0.717, 1.165) is 11.3 Å². The number of carbonyl (C=O) groups excluding carboxylic acids is 1. The van der Waals surface area contributed by atoms with Gasteiger partial charge in [-0.05, 0) is 26.0 Å². The van der Waals surface area contributed by atoms with Crippen molar-refractivity contribution in [3.8, 4) is 0 Å². The molecule has 8 heteroatoms. The van der Waals surface area contributed by atoms with Crippen LogP contribution in [0.2, 0.25) is 0 Å². The molecule has 1 amide bonds. The molecule has 108 valence electrons. The molecule has 1 aromatic rings. The van der Waals surface area contributed by atoms with Gasteiger partial charge >= 0.3 is 0 Å². The van der Waals surface area contributed by atoms with Gasteiger partial charge in [0.1, 0.15) is 4.21 Å². The second kappa shape index (κ2) is 7.23. The van der Waals surface area contributed by atoms with E-state index in [9.17, 15) is 13.2 Å². The highest BCUT2D eigenvalue weighted by Gasteiger charge is 2.15. The zero-order valence-electron chi connectivity index (χ0n) is 10.7. The third-order valence-corrected chi connectivity index (χ3v) is 5.37. The van der Waals surface area contributed by atoms with Gasteiger partial charge in [0.15, 0.2) is 0 Å². The number of halogens is 1. The van der Waals surface area contributed by atoms with E-state index < -0.39 is 9.05 Å². The number of hydrogen-bond acceptors (Lipinski definition) is 5. The van der Waals surface area contributed by atoms with Crippen molar-refractivity contribution in [2.75, 3.05) is 13.2 Å². The number of hydrogen-bond donors (Lipinski definition) is 1. The Hall–Kier alpha value is -0.630. The van der Waals surface area contributed by atoms with Gasteiger partial charge in [-0.15, -0.1) is 11.3 Å². The SMILES string of the molecule is CCOCC(C)NC(=O)Cc1ccc(S(=O)(=O)Cl)s1. The Bertz CT molecular complexity index is 527. The first-order chi connectivity index (χ1) is 8.82. The predicted octanol–water partition coefficient (Wildman–Crippen LogP) is 1.76. The van der Waals surface area contributed by atoms with Gasteiger partial charge in [-0.2, -0.15) is 0 Å². The molecule has 0 fully saturated rings. The molecule has 0 aliphatic rings. The third-order valence-electron chi connectivity index (χ3n) is 2.19. The van der Waals surface area contributed by atoms with E-state index in [2.05, 4.69) is 5.32 Å². The molecule has 1 heterocycles. The van der Waals surface area contributed by atoms with Crippen LogP contribution in [0.3, 0.4) is 0 Å². The lowest BCUT2D eigenvalue weighted by molar-refractivity contribution is -0.121. The molecule has 19 heavy (non-hydrogen) atoms. The van der Waals surface area contributed by atoms with Gasteiger partial charge in [-0.3, -0.25) is 4.79 Å². The average Bonchev–Trinajstić information content (AvgIpc) is 2.74. The van der Waals surface area contributed by atoms with Crippen LogP contribution in [0.25, 0.3) is 0 Å². The number of nitrogens with one attached hydrogen (secondary N) is 1. The fourth-order valence-electron chi connectivity index (χ4n) is 1.40. The van der Waals surface area contributed by atoms with Crippen LogP contribution in [0.15, 0.2) is 16.3 Å². The fourth-order valence-corrected chi connectivity index (χ4v) is 3.53. The summed E-state index contributed by atoms with van der Waals surface area (Å²) in [5.41, 5.74) is 0. The number of carbonyl (C=O) groups is 1. The average molecular weight is 326 g/mol. The highest BCUT2D eigenvalue weighted by Crippen LogP contribution is 2.24. The summed E-state index contributed by atoms with van der Waals surface area (Å²) in [7, 11) is 1.50. The summed E-state index contributed by atoms with van der Waals surface area (Å²) >= 11 is 1.00. The lowest BCUT2D eigenvalue weighted by Crippen LogP contribution is -2.36. The minimum atomic E-state index is -3.71. The summed E-state index contributed by atoms with van der Waals surface area (Å²) in [6.07, 6.45) is 0.132. The smallest absolute Gasteiger partial charge is 0.270 e. The lowest BCUT2D eigenvalue weighted by Gasteiger charge is -2.13. The monoisotopic (exact) mass is 325 g/mol. The van der Waals surface area contributed by atoms with Crippen LogP contribution >= 0.6 is 22.0 Å². The van der Waals surface area contributed by atoms with E-state index >= 15 is 0 Å². The van der Waals surface area contributed by atoms with E-state index in [1.807, 2.05) is 13.8 Å². The lowest BCUT2D eigenvalue weighted by atomic mass is 10.3. The maximum Gasteiger partial charge on any atom is 0.270 e. The topological polar surface area (TPSA) is 72.5 Å². The van der Waals surface area contributed by atoms with Gasteiger partial charge in [-0.25, -0.2) is 8.42 Å². The zero-order valence-corrected chi connectivity index (χ0v) is 13.1. The molecule has 1 unspecified atom stereocenters. The highest BCUT2D eigenvalue weighted by atomic mass is 35.7. The quantitative estimate of drug-likeness (QED) is 0.775. The van der Waals surface area contributed by atoms with Gasteiger partial charge in [0.25, 0.3) is 9.05 Å². The van der Waals surface area contributed by atoms with Crippen molar-refractivity contribution in [1.82, 2.24) is 5.32 Å².